The predicted molar refractivity (Wildman–Crippen MR) is 123 cm³/mol. The first-order chi connectivity index (χ1) is 14.0. The number of methoxy groups -OCH3 is 1. The van der Waals surface area contributed by atoms with Gasteiger partial charge in [0.2, 0.25) is 15.9 Å². The zero-order chi connectivity index (χ0) is 22.6. The summed E-state index contributed by atoms with van der Waals surface area (Å²) < 4.78 is 30.9. The van der Waals surface area contributed by atoms with Gasteiger partial charge in [0.1, 0.15) is 12.3 Å². The number of rotatable bonds is 8. The fourth-order valence-electron chi connectivity index (χ4n) is 2.99. The number of aryl methyl sites for hydroxylation is 1. The number of nitrogens with zero attached hydrogens (tertiary/aromatic N) is 1. The Labute approximate surface area is 192 Å². The van der Waals surface area contributed by atoms with E-state index < -0.39 is 22.5 Å². The van der Waals surface area contributed by atoms with Gasteiger partial charge in [-0.2, -0.15) is 0 Å². The molecule has 0 aromatic heterocycles. The molecule has 6 nitrogen and oxygen atoms in total. The van der Waals surface area contributed by atoms with E-state index in [4.69, 9.17) is 39.5 Å². The van der Waals surface area contributed by atoms with Crippen LogP contribution < -0.4 is 14.4 Å². The van der Waals surface area contributed by atoms with Gasteiger partial charge in [0, 0.05) is 0 Å². The van der Waals surface area contributed by atoms with Gasteiger partial charge in [-0.1, -0.05) is 53.9 Å². The Kier molecular flexibility index (Phi) is 8.27. The van der Waals surface area contributed by atoms with Crippen LogP contribution in [0.15, 0.2) is 30.3 Å². The largest absolute Gasteiger partial charge is 0.496 e. The third-order valence-electron chi connectivity index (χ3n) is 4.51. The number of benzene rings is 2. The monoisotopic (exact) mass is 492 g/mol. The first kappa shape index (κ1) is 24.6. The maximum atomic E-state index is 12.7. The number of ether oxygens (including phenoxy) is 1. The highest BCUT2D eigenvalue weighted by atomic mass is 35.5. The first-order valence-electron chi connectivity index (χ1n) is 9.04. The van der Waals surface area contributed by atoms with Crippen molar-refractivity contribution in [1.29, 1.82) is 0 Å². The summed E-state index contributed by atoms with van der Waals surface area (Å²) in [6, 6.07) is 7.99. The molecule has 0 aliphatic carbocycles. The molecular formula is C20H23Cl3N2O4S. The Hall–Kier alpha value is -1.67. The lowest BCUT2D eigenvalue weighted by Gasteiger charge is -2.25. The van der Waals surface area contributed by atoms with Crippen molar-refractivity contribution < 1.29 is 17.9 Å². The van der Waals surface area contributed by atoms with Gasteiger partial charge in [-0.05, 0) is 42.7 Å². The van der Waals surface area contributed by atoms with Crippen LogP contribution in [-0.4, -0.2) is 34.2 Å². The summed E-state index contributed by atoms with van der Waals surface area (Å²) in [6.45, 7) is 3.38. The Morgan fingerprint density at radius 1 is 1.13 bits per heavy atom. The molecule has 1 atom stereocenters. The van der Waals surface area contributed by atoms with Gasteiger partial charge < -0.3 is 10.1 Å². The number of carbonyl (C=O) groups excluding carboxylic acids is 1. The van der Waals surface area contributed by atoms with Gasteiger partial charge in [-0.3, -0.25) is 9.10 Å². The molecule has 164 valence electrons. The second-order valence-corrected chi connectivity index (χ2v) is 9.87. The zero-order valence-corrected chi connectivity index (χ0v) is 20.1. The van der Waals surface area contributed by atoms with Crippen LogP contribution in [0.3, 0.4) is 0 Å². The number of carbonyl (C=O) groups is 1. The van der Waals surface area contributed by atoms with Gasteiger partial charge in [0.15, 0.2) is 0 Å². The minimum Gasteiger partial charge on any atom is -0.496 e. The highest BCUT2D eigenvalue weighted by molar-refractivity contribution is 7.92. The quantitative estimate of drug-likeness (QED) is 0.525. The molecule has 0 aliphatic rings. The van der Waals surface area contributed by atoms with Crippen LogP contribution in [0, 0.1) is 6.92 Å². The summed E-state index contributed by atoms with van der Waals surface area (Å²) in [5.41, 5.74) is 1.91. The van der Waals surface area contributed by atoms with Crippen molar-refractivity contribution in [3.8, 4) is 5.75 Å². The fraction of sp³-hybridized carbons (Fsp3) is 0.350. The van der Waals surface area contributed by atoms with Crippen molar-refractivity contribution in [2.24, 2.45) is 0 Å². The van der Waals surface area contributed by atoms with Crippen molar-refractivity contribution in [2.75, 3.05) is 24.2 Å². The number of hydrogen-bond donors (Lipinski definition) is 1. The third-order valence-corrected chi connectivity index (χ3v) is 6.66. The van der Waals surface area contributed by atoms with Crippen molar-refractivity contribution in [3.63, 3.8) is 0 Å². The summed E-state index contributed by atoms with van der Waals surface area (Å²) in [5, 5.41) is 3.26. The molecule has 2 rings (SSSR count). The molecule has 2 aromatic carbocycles. The Bertz CT molecular complexity index is 1040. The highest BCUT2D eigenvalue weighted by Gasteiger charge is 2.25. The van der Waals surface area contributed by atoms with E-state index in [0.717, 1.165) is 27.4 Å². The number of nitrogens with one attached hydrogen (secondary N) is 1. The van der Waals surface area contributed by atoms with Gasteiger partial charge in [0.25, 0.3) is 0 Å². The first-order valence-corrected chi connectivity index (χ1v) is 12.0. The smallest absolute Gasteiger partial charge is 0.241 e. The Balaban J connectivity index is 2.28. The van der Waals surface area contributed by atoms with Crippen molar-refractivity contribution in [2.45, 2.75) is 26.3 Å². The van der Waals surface area contributed by atoms with Crippen LogP contribution >= 0.6 is 34.8 Å². The lowest BCUT2D eigenvalue weighted by atomic mass is 10.0. The molecule has 1 amide bonds. The van der Waals surface area contributed by atoms with Crippen LogP contribution in [0.4, 0.5) is 5.69 Å². The van der Waals surface area contributed by atoms with Gasteiger partial charge in [0.05, 0.1) is 40.2 Å². The van der Waals surface area contributed by atoms with Crippen molar-refractivity contribution >= 4 is 56.4 Å². The molecule has 30 heavy (non-hydrogen) atoms. The van der Waals surface area contributed by atoms with Crippen LogP contribution in [0.1, 0.15) is 30.5 Å². The number of halogens is 3. The number of hydrogen-bond acceptors (Lipinski definition) is 4. The molecule has 0 saturated heterocycles. The number of sulfonamides is 1. The van der Waals surface area contributed by atoms with E-state index in [2.05, 4.69) is 5.32 Å². The molecule has 0 heterocycles. The standard InChI is InChI=1S/C20H23Cl3N2O4S/c1-5-17(13-6-7-19(29-3)12(2)8-13)24-20(26)11-25(30(4,27)28)18-10-15(22)14(21)9-16(18)23/h6-10,17H,5,11H2,1-4H3,(H,24,26). The highest BCUT2D eigenvalue weighted by Crippen LogP contribution is 2.35. The molecule has 2 aromatic rings. The van der Waals surface area contributed by atoms with E-state index >= 15 is 0 Å². The van der Waals surface area contributed by atoms with Crippen LogP contribution in [0.25, 0.3) is 0 Å². The summed E-state index contributed by atoms with van der Waals surface area (Å²) >= 11 is 18.1. The Morgan fingerprint density at radius 3 is 2.30 bits per heavy atom. The van der Waals surface area contributed by atoms with Crippen LogP contribution in [0.2, 0.25) is 15.1 Å². The average Bonchev–Trinajstić information content (AvgIpc) is 2.66. The normalized spacial score (nSPS) is 12.4. The summed E-state index contributed by atoms with van der Waals surface area (Å²) in [7, 11) is -2.23. The summed E-state index contributed by atoms with van der Waals surface area (Å²) in [5.74, 6) is 0.264. The van der Waals surface area contributed by atoms with Crippen molar-refractivity contribution in [3.05, 3.63) is 56.5 Å². The third kappa shape index (κ3) is 5.94. The fourth-order valence-corrected chi connectivity index (χ4v) is 4.55. The average molecular weight is 494 g/mol. The molecular weight excluding hydrogens is 471 g/mol. The second kappa shape index (κ2) is 10.1. The molecule has 1 N–H and O–H groups in total. The van der Waals surface area contributed by atoms with E-state index in [9.17, 15) is 13.2 Å². The van der Waals surface area contributed by atoms with Gasteiger partial charge in [-0.25, -0.2) is 8.42 Å². The van der Waals surface area contributed by atoms with Crippen LogP contribution in [0.5, 0.6) is 5.75 Å². The summed E-state index contributed by atoms with van der Waals surface area (Å²) in [6.07, 6.45) is 1.60. The minimum absolute atomic E-state index is 0.0699. The van der Waals surface area contributed by atoms with Gasteiger partial charge >= 0.3 is 0 Å². The predicted octanol–water partition coefficient (Wildman–Crippen LogP) is 5.00. The number of amides is 1. The SMILES string of the molecule is CCC(NC(=O)CN(c1cc(Cl)c(Cl)cc1Cl)S(C)(=O)=O)c1ccc(OC)c(C)c1. The maximum absolute atomic E-state index is 12.7. The second-order valence-electron chi connectivity index (χ2n) is 6.74. The minimum atomic E-state index is -3.82. The van der Waals surface area contributed by atoms with E-state index in [1.807, 2.05) is 32.0 Å². The molecule has 0 aliphatic heterocycles. The van der Waals surface area contributed by atoms with Crippen molar-refractivity contribution in [1.82, 2.24) is 5.32 Å². The van der Waals surface area contributed by atoms with E-state index in [-0.39, 0.29) is 26.8 Å². The number of anilines is 1. The van der Waals surface area contributed by atoms with Gasteiger partial charge in [-0.15, -0.1) is 0 Å². The maximum Gasteiger partial charge on any atom is 0.241 e. The van der Waals surface area contributed by atoms with Crippen LogP contribution in [-0.2, 0) is 14.8 Å². The molecule has 0 spiro atoms. The lowest BCUT2D eigenvalue weighted by Crippen LogP contribution is -2.41. The van der Waals surface area contributed by atoms with E-state index in [1.54, 1.807) is 7.11 Å². The molecule has 0 fully saturated rings. The molecule has 1 unspecified atom stereocenters. The lowest BCUT2D eigenvalue weighted by molar-refractivity contribution is -0.120. The summed E-state index contributed by atoms with van der Waals surface area (Å²) in [4.78, 5) is 12.7. The van der Waals surface area contributed by atoms with E-state index in [1.165, 1.54) is 12.1 Å². The molecule has 10 heteroatoms. The molecule has 0 saturated carbocycles. The molecule has 0 radical (unpaired) electrons. The topological polar surface area (TPSA) is 75.7 Å². The zero-order valence-electron chi connectivity index (χ0n) is 17.0. The molecule has 0 bridgehead atoms. The van der Waals surface area contributed by atoms with E-state index in [0.29, 0.717) is 6.42 Å². The Morgan fingerprint density at radius 2 is 1.77 bits per heavy atom.